The van der Waals surface area contributed by atoms with Crippen molar-refractivity contribution in [3.8, 4) is 0 Å². The van der Waals surface area contributed by atoms with Crippen LogP contribution in [0.1, 0.15) is 50.9 Å². The lowest BCUT2D eigenvalue weighted by atomic mass is 10.1. The van der Waals surface area contributed by atoms with E-state index in [0.29, 0.717) is 6.54 Å². The summed E-state index contributed by atoms with van der Waals surface area (Å²) >= 11 is 0. The van der Waals surface area contributed by atoms with Crippen LogP contribution in [-0.4, -0.2) is 44.4 Å². The Morgan fingerprint density at radius 3 is 2.63 bits per heavy atom. The zero-order valence-electron chi connectivity index (χ0n) is 15.9. The molecule has 7 nitrogen and oxygen atoms in total. The fraction of sp³-hybridized carbons (Fsp3) is 0.526. The van der Waals surface area contributed by atoms with E-state index in [-0.39, 0.29) is 22.9 Å². The lowest BCUT2D eigenvalue weighted by Gasteiger charge is -2.30. The van der Waals surface area contributed by atoms with Gasteiger partial charge in [0.25, 0.3) is 0 Å². The van der Waals surface area contributed by atoms with Gasteiger partial charge in [-0.1, -0.05) is 0 Å². The molecule has 1 fully saturated rings. The molecular formula is C19H24FN3O4. The van der Waals surface area contributed by atoms with Crippen LogP contribution in [0, 0.1) is 5.82 Å². The van der Waals surface area contributed by atoms with E-state index in [4.69, 9.17) is 0 Å². The molecule has 2 atom stereocenters. The molecule has 3 heterocycles. The molecule has 2 N–H and O–H groups in total. The van der Waals surface area contributed by atoms with Gasteiger partial charge in [-0.15, -0.1) is 0 Å². The lowest BCUT2D eigenvalue weighted by Crippen LogP contribution is -2.39. The van der Waals surface area contributed by atoms with Crippen LogP contribution >= 0.6 is 0 Å². The molecule has 0 aliphatic carbocycles. The molecule has 0 unspecified atom stereocenters. The molecule has 2 aromatic heterocycles. The molecule has 0 aromatic carbocycles. The molecule has 1 aliphatic heterocycles. The van der Waals surface area contributed by atoms with Crippen LogP contribution in [0.5, 0.6) is 0 Å². The van der Waals surface area contributed by atoms with Crippen LogP contribution in [0.3, 0.4) is 0 Å². The highest BCUT2D eigenvalue weighted by Gasteiger charge is 2.32. The normalized spacial score (nSPS) is 18.9. The first-order chi connectivity index (χ1) is 12.5. The molecule has 8 heteroatoms. The van der Waals surface area contributed by atoms with Gasteiger partial charge in [-0.3, -0.25) is 4.79 Å². The van der Waals surface area contributed by atoms with Gasteiger partial charge in [0.05, 0.1) is 17.5 Å². The topological polar surface area (TPSA) is 95.7 Å². The number of aromatic carboxylic acids is 1. The number of carboxylic acid groups (broad SMARTS) is 1. The van der Waals surface area contributed by atoms with Crippen LogP contribution < -0.4 is 10.3 Å². The highest BCUT2D eigenvalue weighted by atomic mass is 19.1. The number of hydrogen-bond donors (Lipinski definition) is 2. The van der Waals surface area contributed by atoms with Gasteiger partial charge in [-0.25, -0.2) is 14.2 Å². The maximum absolute atomic E-state index is 14.9. The highest BCUT2D eigenvalue weighted by molar-refractivity contribution is 5.92. The molecule has 2 aromatic rings. The number of aliphatic hydroxyl groups is 1. The van der Waals surface area contributed by atoms with Gasteiger partial charge >= 0.3 is 5.97 Å². The Bertz CT molecular complexity index is 962. The Hall–Kier alpha value is -2.48. The zero-order valence-corrected chi connectivity index (χ0v) is 15.9. The van der Waals surface area contributed by atoms with Crippen molar-refractivity contribution in [2.24, 2.45) is 0 Å². The minimum Gasteiger partial charge on any atom is -0.477 e. The van der Waals surface area contributed by atoms with E-state index in [2.05, 4.69) is 4.98 Å². The maximum atomic E-state index is 14.9. The Morgan fingerprint density at radius 2 is 2.07 bits per heavy atom. The molecule has 146 valence electrons. The van der Waals surface area contributed by atoms with E-state index in [1.54, 1.807) is 16.4 Å². The second-order valence-corrected chi connectivity index (χ2v) is 8.03. The Balaban J connectivity index is 2.32. The van der Waals surface area contributed by atoms with Crippen LogP contribution in [-0.2, 0) is 5.54 Å². The number of rotatable bonds is 3. The summed E-state index contributed by atoms with van der Waals surface area (Å²) in [7, 11) is 0. The fourth-order valence-electron chi connectivity index (χ4n) is 3.64. The number of carboxylic acids is 1. The number of fused-ring (bicyclic) bond motifs is 1. The third-order valence-corrected chi connectivity index (χ3v) is 4.99. The van der Waals surface area contributed by atoms with E-state index >= 15 is 0 Å². The average molecular weight is 377 g/mol. The van der Waals surface area contributed by atoms with E-state index < -0.39 is 34.4 Å². The molecule has 27 heavy (non-hydrogen) atoms. The second kappa shape index (κ2) is 6.60. The number of nitrogens with zero attached hydrogens (tertiary/aromatic N) is 3. The van der Waals surface area contributed by atoms with Gasteiger partial charge in [-0.05, 0) is 46.6 Å². The van der Waals surface area contributed by atoms with Crippen molar-refractivity contribution in [3.63, 3.8) is 0 Å². The summed E-state index contributed by atoms with van der Waals surface area (Å²) in [6.45, 7) is 7.76. The monoisotopic (exact) mass is 377 g/mol. The van der Waals surface area contributed by atoms with Gasteiger partial charge in [0.1, 0.15) is 11.2 Å². The van der Waals surface area contributed by atoms with Crippen molar-refractivity contribution >= 4 is 22.8 Å². The molecule has 3 rings (SSSR count). The van der Waals surface area contributed by atoms with E-state index in [1.165, 1.54) is 6.20 Å². The highest BCUT2D eigenvalue weighted by Crippen LogP contribution is 2.31. The lowest BCUT2D eigenvalue weighted by molar-refractivity contribution is 0.0694. The predicted octanol–water partition coefficient (Wildman–Crippen LogP) is 2.34. The molecule has 0 bridgehead atoms. The van der Waals surface area contributed by atoms with Crippen LogP contribution in [0.4, 0.5) is 10.2 Å². The van der Waals surface area contributed by atoms with E-state index in [9.17, 15) is 24.2 Å². The minimum absolute atomic E-state index is 0.0705. The van der Waals surface area contributed by atoms with Crippen LogP contribution in [0.25, 0.3) is 11.0 Å². The Labute approximate surface area is 156 Å². The molecule has 1 aliphatic rings. The SMILES string of the molecule is C[C@H](O)[C@@H]1CCCN1c1nc2c(cc1F)c(=O)c(C(=O)O)cn2C(C)(C)C. The smallest absolute Gasteiger partial charge is 0.341 e. The summed E-state index contributed by atoms with van der Waals surface area (Å²) in [5.74, 6) is -1.99. The first kappa shape index (κ1) is 19.3. The van der Waals surface area contributed by atoms with Gasteiger partial charge < -0.3 is 19.7 Å². The van der Waals surface area contributed by atoms with Crippen molar-refractivity contribution in [3.05, 3.63) is 33.9 Å². The van der Waals surface area contributed by atoms with Crippen molar-refractivity contribution in [2.45, 2.75) is 58.2 Å². The van der Waals surface area contributed by atoms with Crippen molar-refractivity contribution in [1.82, 2.24) is 9.55 Å². The summed E-state index contributed by atoms with van der Waals surface area (Å²) in [4.78, 5) is 30.2. The van der Waals surface area contributed by atoms with Gasteiger partial charge in [0.15, 0.2) is 11.6 Å². The molecule has 0 saturated carbocycles. The Kier molecular flexibility index (Phi) is 4.71. The summed E-state index contributed by atoms with van der Waals surface area (Å²) in [6.07, 6.45) is 2.14. The molecule has 0 spiro atoms. The molecule has 0 radical (unpaired) electrons. The number of aliphatic hydroxyl groups excluding tert-OH is 1. The van der Waals surface area contributed by atoms with Gasteiger partial charge in [-0.2, -0.15) is 0 Å². The van der Waals surface area contributed by atoms with Gasteiger partial charge in [0.2, 0.25) is 5.43 Å². The fourth-order valence-corrected chi connectivity index (χ4v) is 3.64. The third kappa shape index (κ3) is 3.29. The number of pyridine rings is 2. The summed E-state index contributed by atoms with van der Waals surface area (Å²) in [5, 5.41) is 19.3. The minimum atomic E-state index is -1.36. The Morgan fingerprint density at radius 1 is 1.41 bits per heavy atom. The van der Waals surface area contributed by atoms with Crippen molar-refractivity contribution in [1.29, 1.82) is 0 Å². The first-order valence-corrected chi connectivity index (χ1v) is 8.96. The van der Waals surface area contributed by atoms with Crippen LogP contribution in [0.15, 0.2) is 17.1 Å². The van der Waals surface area contributed by atoms with Crippen LogP contribution in [0.2, 0.25) is 0 Å². The average Bonchev–Trinajstić information content (AvgIpc) is 3.03. The first-order valence-electron chi connectivity index (χ1n) is 8.96. The van der Waals surface area contributed by atoms with E-state index in [0.717, 1.165) is 18.9 Å². The quantitative estimate of drug-likeness (QED) is 0.852. The number of anilines is 1. The summed E-state index contributed by atoms with van der Waals surface area (Å²) in [5.41, 5.74) is -1.53. The molecule has 1 saturated heterocycles. The summed E-state index contributed by atoms with van der Waals surface area (Å²) < 4.78 is 16.5. The van der Waals surface area contributed by atoms with E-state index in [1.807, 2.05) is 20.8 Å². The predicted molar refractivity (Wildman–Crippen MR) is 100.0 cm³/mol. The van der Waals surface area contributed by atoms with Crippen molar-refractivity contribution < 1.29 is 19.4 Å². The van der Waals surface area contributed by atoms with Crippen molar-refractivity contribution in [2.75, 3.05) is 11.4 Å². The maximum Gasteiger partial charge on any atom is 0.341 e. The largest absolute Gasteiger partial charge is 0.477 e. The van der Waals surface area contributed by atoms with Gasteiger partial charge in [0, 0.05) is 18.3 Å². The molecular weight excluding hydrogens is 353 g/mol. The number of halogens is 1. The number of aromatic nitrogens is 2. The standard InChI is InChI=1S/C19H24FN3O4/c1-10(24)14-6-5-7-22(14)17-13(20)8-11-15(25)12(18(26)27)9-23(16(11)21-17)19(2,3)4/h8-10,14,24H,5-7H2,1-4H3,(H,26,27)/t10-,14-/m0/s1. The molecule has 0 amide bonds. The second-order valence-electron chi connectivity index (χ2n) is 8.03. The zero-order chi connectivity index (χ0) is 20.1. The number of carbonyl (C=O) groups is 1. The summed E-state index contributed by atoms with van der Waals surface area (Å²) in [6, 6.07) is 0.809. The number of hydrogen-bond acceptors (Lipinski definition) is 5. The third-order valence-electron chi connectivity index (χ3n) is 4.99.